The molecule has 0 saturated carbocycles. The van der Waals surface area contributed by atoms with Crippen molar-refractivity contribution in [3.8, 4) is 5.75 Å². The molecule has 4 rings (SSSR count). The van der Waals surface area contributed by atoms with Crippen LogP contribution in [-0.2, 0) is 21.4 Å². The number of hydrogen-bond donors (Lipinski definition) is 3. The molecule has 2 aromatic carbocycles. The Labute approximate surface area is 246 Å². The van der Waals surface area contributed by atoms with E-state index in [2.05, 4.69) is 31.1 Å². The molecule has 0 spiro atoms. The Kier molecular flexibility index (Phi) is 8.83. The summed E-state index contributed by atoms with van der Waals surface area (Å²) in [6.45, 7) is 12.1. The minimum absolute atomic E-state index is 0.0216. The molecule has 0 aliphatic carbocycles. The van der Waals surface area contributed by atoms with Crippen molar-refractivity contribution in [2.45, 2.75) is 76.7 Å². The van der Waals surface area contributed by atoms with Crippen LogP contribution in [0, 0.1) is 12.8 Å². The molecular formula is C33H38N2O5S. The van der Waals surface area contributed by atoms with Gasteiger partial charge in [-0.25, -0.2) is 4.79 Å². The van der Waals surface area contributed by atoms with Crippen LogP contribution in [0.25, 0.3) is 0 Å². The number of phenolic OH excluding ortho intramolecular Hbond substituents is 1. The SMILES string of the molecule is Cc1cc(SC2=C(O)C[C@@](CCc3ccc(O)cc3)(C(C)C)OC2=O)c(C(C)(C)C)cc1NC(=O)c1ccccn1. The summed E-state index contributed by atoms with van der Waals surface area (Å²) in [6.07, 6.45) is 2.98. The first-order chi connectivity index (χ1) is 19.3. The summed E-state index contributed by atoms with van der Waals surface area (Å²) in [4.78, 5) is 31.4. The van der Waals surface area contributed by atoms with Crippen molar-refractivity contribution in [1.29, 1.82) is 0 Å². The van der Waals surface area contributed by atoms with Gasteiger partial charge in [0.2, 0.25) is 0 Å². The topological polar surface area (TPSA) is 109 Å². The van der Waals surface area contributed by atoms with Crippen molar-refractivity contribution < 1.29 is 24.5 Å². The molecule has 0 saturated heterocycles. The van der Waals surface area contributed by atoms with Gasteiger partial charge in [0.25, 0.3) is 5.91 Å². The van der Waals surface area contributed by atoms with Crippen LogP contribution < -0.4 is 5.32 Å². The molecule has 1 aliphatic rings. The van der Waals surface area contributed by atoms with Crippen molar-refractivity contribution in [2.75, 3.05) is 5.32 Å². The Morgan fingerprint density at radius 3 is 2.41 bits per heavy atom. The van der Waals surface area contributed by atoms with Crippen molar-refractivity contribution in [2.24, 2.45) is 5.92 Å². The number of carbonyl (C=O) groups excluding carboxylic acids is 2. The van der Waals surface area contributed by atoms with Gasteiger partial charge in [-0.05, 0) is 84.2 Å². The monoisotopic (exact) mass is 574 g/mol. The molecular weight excluding hydrogens is 536 g/mol. The van der Waals surface area contributed by atoms with E-state index in [0.29, 0.717) is 24.2 Å². The average Bonchev–Trinajstić information content (AvgIpc) is 2.91. The first-order valence-electron chi connectivity index (χ1n) is 13.8. The highest BCUT2D eigenvalue weighted by Crippen LogP contribution is 2.46. The maximum atomic E-state index is 13.4. The summed E-state index contributed by atoms with van der Waals surface area (Å²) in [5.74, 6) is -0.639. The number of aromatic nitrogens is 1. The smallest absolute Gasteiger partial charge is 0.349 e. The lowest BCUT2D eigenvalue weighted by atomic mass is 9.80. The number of amides is 1. The summed E-state index contributed by atoms with van der Waals surface area (Å²) >= 11 is 1.20. The van der Waals surface area contributed by atoms with E-state index in [1.54, 1.807) is 36.5 Å². The van der Waals surface area contributed by atoms with E-state index in [1.165, 1.54) is 11.8 Å². The highest BCUT2D eigenvalue weighted by molar-refractivity contribution is 8.04. The van der Waals surface area contributed by atoms with E-state index in [-0.39, 0.29) is 40.1 Å². The van der Waals surface area contributed by atoms with Gasteiger partial charge >= 0.3 is 5.97 Å². The molecule has 8 heteroatoms. The van der Waals surface area contributed by atoms with Crippen molar-refractivity contribution in [1.82, 2.24) is 4.98 Å². The lowest BCUT2D eigenvalue weighted by molar-refractivity contribution is -0.164. The van der Waals surface area contributed by atoms with E-state index < -0.39 is 11.6 Å². The summed E-state index contributed by atoms with van der Waals surface area (Å²) in [6, 6.07) is 16.0. The summed E-state index contributed by atoms with van der Waals surface area (Å²) in [5, 5.41) is 23.8. The molecule has 1 amide bonds. The summed E-state index contributed by atoms with van der Waals surface area (Å²) in [5.41, 5.74) is 2.58. The molecule has 0 unspecified atom stereocenters. The number of aliphatic hydroxyl groups excluding tert-OH is 1. The Balaban J connectivity index is 1.61. The Morgan fingerprint density at radius 1 is 1.12 bits per heavy atom. The van der Waals surface area contributed by atoms with E-state index in [4.69, 9.17) is 4.74 Å². The lowest BCUT2D eigenvalue weighted by Crippen LogP contribution is -2.44. The zero-order valence-electron chi connectivity index (χ0n) is 24.4. The molecule has 216 valence electrons. The largest absolute Gasteiger partial charge is 0.511 e. The first kappa shape index (κ1) is 30.2. The lowest BCUT2D eigenvalue weighted by Gasteiger charge is -2.40. The Hall–Kier alpha value is -3.78. The number of phenols is 1. The van der Waals surface area contributed by atoms with Crippen LogP contribution in [0.5, 0.6) is 5.75 Å². The van der Waals surface area contributed by atoms with E-state index in [9.17, 15) is 19.8 Å². The number of aliphatic hydroxyl groups is 1. The number of thioether (sulfide) groups is 1. The number of aryl methyl sites for hydroxylation is 2. The third-order valence-corrected chi connectivity index (χ3v) is 8.69. The molecule has 0 radical (unpaired) electrons. The molecule has 3 N–H and O–H groups in total. The van der Waals surface area contributed by atoms with Crippen LogP contribution in [0.4, 0.5) is 5.69 Å². The number of ether oxygens (including phenoxy) is 1. The van der Waals surface area contributed by atoms with Crippen molar-refractivity contribution in [3.05, 3.63) is 93.8 Å². The van der Waals surface area contributed by atoms with E-state index in [0.717, 1.165) is 21.6 Å². The zero-order valence-corrected chi connectivity index (χ0v) is 25.3. The highest BCUT2D eigenvalue weighted by atomic mass is 32.2. The third kappa shape index (κ3) is 6.93. The molecule has 2 heterocycles. The minimum Gasteiger partial charge on any atom is -0.511 e. The number of nitrogens with zero attached hydrogens (tertiary/aromatic N) is 1. The molecule has 3 aromatic rings. The number of anilines is 1. The standard InChI is InChI=1S/C33H38N2O5S/c1-20(2)33(15-14-22-10-12-23(36)13-11-22)19-27(37)29(31(39)40-33)41-28-17-21(3)26(18-24(28)32(4,5)6)35-30(38)25-9-7-8-16-34-25/h7-13,16-18,20,36-37H,14-15,19H2,1-6H3,(H,35,38)/t33-/m0/s1. The van der Waals surface area contributed by atoms with Crippen LogP contribution in [0.3, 0.4) is 0 Å². The van der Waals surface area contributed by atoms with Gasteiger partial charge in [-0.3, -0.25) is 9.78 Å². The minimum atomic E-state index is -0.842. The fourth-order valence-electron chi connectivity index (χ4n) is 4.90. The van der Waals surface area contributed by atoms with E-state index in [1.807, 2.05) is 45.0 Å². The van der Waals surface area contributed by atoms with Gasteiger partial charge in [0, 0.05) is 23.2 Å². The van der Waals surface area contributed by atoms with E-state index >= 15 is 0 Å². The number of rotatable bonds is 8. The summed E-state index contributed by atoms with van der Waals surface area (Å²) < 4.78 is 6.13. The number of carbonyl (C=O) groups is 2. The highest BCUT2D eigenvalue weighted by Gasteiger charge is 2.44. The van der Waals surface area contributed by atoms with Gasteiger partial charge in [-0.2, -0.15) is 0 Å². The van der Waals surface area contributed by atoms with Crippen LogP contribution in [-0.4, -0.2) is 32.7 Å². The normalized spacial score (nSPS) is 17.5. The number of esters is 1. The summed E-state index contributed by atoms with van der Waals surface area (Å²) in [7, 11) is 0. The number of hydrogen-bond acceptors (Lipinski definition) is 7. The maximum absolute atomic E-state index is 13.4. The van der Waals surface area contributed by atoms with Crippen LogP contribution in [0.2, 0.25) is 0 Å². The molecule has 1 aromatic heterocycles. The molecule has 0 bridgehead atoms. The Morgan fingerprint density at radius 2 is 1.83 bits per heavy atom. The van der Waals surface area contributed by atoms with Gasteiger partial charge in [0.05, 0.1) is 0 Å². The predicted octanol–water partition coefficient (Wildman–Crippen LogP) is 7.48. The molecule has 7 nitrogen and oxygen atoms in total. The fourth-order valence-corrected chi connectivity index (χ4v) is 6.14. The maximum Gasteiger partial charge on any atom is 0.349 e. The molecule has 0 fully saturated rings. The van der Waals surface area contributed by atoms with Crippen molar-refractivity contribution >= 4 is 29.3 Å². The second kappa shape index (κ2) is 12.0. The van der Waals surface area contributed by atoms with Gasteiger partial charge in [0.1, 0.15) is 27.7 Å². The van der Waals surface area contributed by atoms with Crippen LogP contribution >= 0.6 is 11.8 Å². The van der Waals surface area contributed by atoms with Gasteiger partial charge in [-0.1, -0.05) is 64.6 Å². The third-order valence-electron chi connectivity index (χ3n) is 7.53. The van der Waals surface area contributed by atoms with Gasteiger partial charge in [-0.15, -0.1) is 0 Å². The van der Waals surface area contributed by atoms with Crippen LogP contribution in [0.1, 0.15) is 74.6 Å². The number of benzene rings is 2. The predicted molar refractivity (Wildman–Crippen MR) is 162 cm³/mol. The second-order valence-corrected chi connectivity index (χ2v) is 13.0. The van der Waals surface area contributed by atoms with Crippen molar-refractivity contribution in [3.63, 3.8) is 0 Å². The van der Waals surface area contributed by atoms with Crippen LogP contribution in [0.15, 0.2) is 76.4 Å². The quantitative estimate of drug-likeness (QED) is 0.239. The first-order valence-corrected chi connectivity index (χ1v) is 14.6. The second-order valence-electron chi connectivity index (χ2n) is 11.9. The Bertz CT molecular complexity index is 1460. The number of nitrogens with one attached hydrogen (secondary N) is 1. The molecule has 1 aliphatic heterocycles. The molecule has 41 heavy (non-hydrogen) atoms. The fraction of sp³-hybridized carbons (Fsp3) is 0.364. The number of aromatic hydroxyl groups is 1. The molecule has 1 atom stereocenters. The van der Waals surface area contributed by atoms with Gasteiger partial charge < -0.3 is 20.3 Å². The average molecular weight is 575 g/mol. The van der Waals surface area contributed by atoms with Gasteiger partial charge in [0.15, 0.2) is 0 Å². The number of cyclic esters (lactones) is 1. The number of pyridine rings is 1. The zero-order chi connectivity index (χ0) is 29.9.